The molecule has 0 spiro atoms. The largest absolute Gasteiger partial charge is 0.331 e. The second kappa shape index (κ2) is 9.54. The quantitative estimate of drug-likeness (QED) is 0.399. The monoisotopic (exact) mass is 465 g/mol. The molecule has 9 heteroatoms. The van der Waals surface area contributed by atoms with Gasteiger partial charge in [-0.15, -0.1) is 11.3 Å². The van der Waals surface area contributed by atoms with Gasteiger partial charge in [0, 0.05) is 22.2 Å². The highest BCUT2D eigenvalue weighted by atomic mass is 35.5. The van der Waals surface area contributed by atoms with Gasteiger partial charge in [-0.25, -0.2) is 0 Å². The van der Waals surface area contributed by atoms with Crippen LogP contribution in [0, 0.1) is 0 Å². The third kappa shape index (κ3) is 5.25. The van der Waals surface area contributed by atoms with Gasteiger partial charge in [0.15, 0.2) is 5.11 Å². The Bertz CT molecular complexity index is 1100. The number of rotatable bonds is 5. The van der Waals surface area contributed by atoms with E-state index in [0.717, 1.165) is 16.5 Å². The van der Waals surface area contributed by atoms with Gasteiger partial charge in [0.05, 0.1) is 15.7 Å². The maximum Gasteiger partial charge on any atom is 0.269 e. The minimum Gasteiger partial charge on any atom is -0.331 e. The fourth-order valence-corrected chi connectivity index (χ4v) is 4.40. The lowest BCUT2D eigenvalue weighted by molar-refractivity contribution is -0.116. The summed E-state index contributed by atoms with van der Waals surface area (Å²) in [6.07, 6.45) is 1.18. The van der Waals surface area contributed by atoms with Crippen molar-refractivity contribution in [3.8, 4) is 0 Å². The number of halogens is 2. The molecule has 0 atom stereocenters. The van der Waals surface area contributed by atoms with Crippen molar-refractivity contribution in [3.63, 3.8) is 0 Å². The van der Waals surface area contributed by atoms with Crippen molar-refractivity contribution in [3.05, 3.63) is 57.4 Å². The molecule has 0 unspecified atom stereocenters. The zero-order chi connectivity index (χ0) is 21.0. The highest BCUT2D eigenvalue weighted by molar-refractivity contribution is 7.80. The predicted molar refractivity (Wildman–Crippen MR) is 126 cm³/mol. The molecule has 1 heterocycles. The Morgan fingerprint density at radius 1 is 1.10 bits per heavy atom. The van der Waals surface area contributed by atoms with E-state index in [1.807, 2.05) is 31.2 Å². The summed E-state index contributed by atoms with van der Waals surface area (Å²) in [6.45, 7) is 1.93. The number of hydrogen-bond acceptors (Lipinski definition) is 4. The molecule has 0 saturated heterocycles. The summed E-state index contributed by atoms with van der Waals surface area (Å²) in [5.41, 5.74) is 1.05. The van der Waals surface area contributed by atoms with E-state index >= 15 is 0 Å². The molecule has 3 rings (SSSR count). The Labute approximate surface area is 187 Å². The van der Waals surface area contributed by atoms with Gasteiger partial charge in [-0.3, -0.25) is 14.9 Å². The standard InChI is InChI=1S/C20H17Cl2N3O2S2/c1-2-5-16(26)23-11-8-9-13(21)14(10-11)24-20(28)25-19(27)18-17(22)12-6-3-4-7-15(12)29-18/h3-4,6-10H,2,5H2,1H3,(H,23,26)(H2,24,25,27,28). The molecule has 0 fully saturated rings. The summed E-state index contributed by atoms with van der Waals surface area (Å²) >= 11 is 19.1. The number of hydrogen-bond donors (Lipinski definition) is 3. The van der Waals surface area contributed by atoms with Gasteiger partial charge in [0.1, 0.15) is 4.88 Å². The molecule has 2 amide bonds. The zero-order valence-electron chi connectivity index (χ0n) is 15.3. The number of nitrogens with one attached hydrogen (secondary N) is 3. The number of carbonyl (C=O) groups is 2. The summed E-state index contributed by atoms with van der Waals surface area (Å²) in [7, 11) is 0. The Kier molecular flexibility index (Phi) is 7.08. The minimum atomic E-state index is -0.405. The molecule has 0 aliphatic heterocycles. The Morgan fingerprint density at radius 2 is 1.86 bits per heavy atom. The van der Waals surface area contributed by atoms with Gasteiger partial charge in [-0.1, -0.05) is 48.3 Å². The van der Waals surface area contributed by atoms with Crippen molar-refractivity contribution in [1.29, 1.82) is 0 Å². The summed E-state index contributed by atoms with van der Waals surface area (Å²) in [4.78, 5) is 24.8. The van der Waals surface area contributed by atoms with E-state index in [-0.39, 0.29) is 11.0 Å². The summed E-state index contributed by atoms with van der Waals surface area (Å²) in [5, 5.41) is 9.98. The Balaban J connectivity index is 1.70. The average molecular weight is 466 g/mol. The van der Waals surface area contributed by atoms with Crippen LogP contribution in [0.3, 0.4) is 0 Å². The van der Waals surface area contributed by atoms with Crippen LogP contribution in [0.1, 0.15) is 29.4 Å². The fourth-order valence-electron chi connectivity index (χ4n) is 2.62. The van der Waals surface area contributed by atoms with E-state index in [2.05, 4.69) is 16.0 Å². The van der Waals surface area contributed by atoms with E-state index in [1.54, 1.807) is 18.2 Å². The summed E-state index contributed by atoms with van der Waals surface area (Å²) in [5.74, 6) is -0.492. The SMILES string of the molecule is CCCC(=O)Nc1ccc(Cl)c(NC(=S)NC(=O)c2sc3ccccc3c2Cl)c1. The molecule has 0 saturated carbocycles. The Morgan fingerprint density at radius 3 is 2.59 bits per heavy atom. The predicted octanol–water partition coefficient (Wildman–Crippen LogP) is 6.07. The molecule has 150 valence electrons. The molecular formula is C20H17Cl2N3O2S2. The molecule has 0 bridgehead atoms. The first-order valence-electron chi connectivity index (χ1n) is 8.77. The van der Waals surface area contributed by atoms with Crippen molar-refractivity contribution in [2.45, 2.75) is 19.8 Å². The highest BCUT2D eigenvalue weighted by Gasteiger charge is 2.18. The van der Waals surface area contributed by atoms with Crippen molar-refractivity contribution >= 4 is 85.1 Å². The van der Waals surface area contributed by atoms with Gasteiger partial charge < -0.3 is 10.6 Å². The molecule has 0 radical (unpaired) electrons. The number of amides is 2. The molecule has 2 aromatic carbocycles. The van der Waals surface area contributed by atoms with Crippen molar-refractivity contribution < 1.29 is 9.59 Å². The third-order valence-corrected chi connectivity index (χ3v) is 6.15. The van der Waals surface area contributed by atoms with Gasteiger partial charge in [-0.2, -0.15) is 0 Å². The summed E-state index contributed by atoms with van der Waals surface area (Å²) < 4.78 is 0.917. The number of anilines is 2. The number of carbonyl (C=O) groups excluding carboxylic acids is 2. The second-order valence-corrected chi connectivity index (χ2v) is 8.39. The van der Waals surface area contributed by atoms with Crippen LogP contribution in [0.25, 0.3) is 10.1 Å². The highest BCUT2D eigenvalue weighted by Crippen LogP contribution is 2.35. The maximum atomic E-state index is 12.6. The van der Waals surface area contributed by atoms with Crippen LogP contribution < -0.4 is 16.0 Å². The van der Waals surface area contributed by atoms with E-state index in [4.69, 9.17) is 35.4 Å². The molecule has 3 N–H and O–H groups in total. The molecule has 29 heavy (non-hydrogen) atoms. The van der Waals surface area contributed by atoms with Crippen LogP contribution >= 0.6 is 46.8 Å². The van der Waals surface area contributed by atoms with Crippen LogP contribution in [0.4, 0.5) is 11.4 Å². The van der Waals surface area contributed by atoms with Gasteiger partial charge in [0.25, 0.3) is 5.91 Å². The molecule has 3 aromatic rings. The first kappa shape index (κ1) is 21.5. The lowest BCUT2D eigenvalue weighted by Gasteiger charge is -2.12. The first-order valence-corrected chi connectivity index (χ1v) is 10.8. The van der Waals surface area contributed by atoms with Gasteiger partial charge in [0.2, 0.25) is 5.91 Å². The fraction of sp³-hybridized carbons (Fsp3) is 0.150. The molecule has 0 aliphatic carbocycles. The zero-order valence-corrected chi connectivity index (χ0v) is 18.5. The third-order valence-electron chi connectivity index (χ3n) is 3.94. The summed E-state index contributed by atoms with van der Waals surface area (Å²) in [6, 6.07) is 12.5. The van der Waals surface area contributed by atoms with Gasteiger partial charge in [-0.05, 0) is 42.9 Å². The van der Waals surface area contributed by atoms with Crippen molar-refractivity contribution in [2.75, 3.05) is 10.6 Å². The topological polar surface area (TPSA) is 70.2 Å². The van der Waals surface area contributed by atoms with Crippen LogP contribution in [-0.2, 0) is 4.79 Å². The smallest absolute Gasteiger partial charge is 0.269 e. The van der Waals surface area contributed by atoms with Crippen molar-refractivity contribution in [2.24, 2.45) is 0 Å². The number of thiophene rings is 1. The molecule has 5 nitrogen and oxygen atoms in total. The lowest BCUT2D eigenvalue weighted by atomic mass is 10.2. The number of thiocarbonyl (C=S) groups is 1. The van der Waals surface area contributed by atoms with Crippen LogP contribution in [0.2, 0.25) is 10.0 Å². The number of benzene rings is 2. The van der Waals surface area contributed by atoms with E-state index < -0.39 is 5.91 Å². The van der Waals surface area contributed by atoms with E-state index in [9.17, 15) is 9.59 Å². The lowest BCUT2D eigenvalue weighted by Crippen LogP contribution is -2.33. The molecule has 1 aromatic heterocycles. The van der Waals surface area contributed by atoms with E-state index in [0.29, 0.717) is 32.7 Å². The van der Waals surface area contributed by atoms with Crippen LogP contribution in [0.5, 0.6) is 0 Å². The molecular weight excluding hydrogens is 449 g/mol. The Hall–Kier alpha value is -2.19. The minimum absolute atomic E-state index is 0.0717. The van der Waals surface area contributed by atoms with Crippen LogP contribution in [-0.4, -0.2) is 16.9 Å². The van der Waals surface area contributed by atoms with Crippen molar-refractivity contribution in [1.82, 2.24) is 5.32 Å². The maximum absolute atomic E-state index is 12.6. The molecule has 0 aliphatic rings. The first-order chi connectivity index (χ1) is 13.9. The average Bonchev–Trinajstić information content (AvgIpc) is 3.02. The normalized spacial score (nSPS) is 10.6. The van der Waals surface area contributed by atoms with E-state index in [1.165, 1.54) is 11.3 Å². The van der Waals surface area contributed by atoms with Gasteiger partial charge >= 0.3 is 0 Å². The second-order valence-electron chi connectivity index (χ2n) is 6.14. The number of fused-ring (bicyclic) bond motifs is 1. The van der Waals surface area contributed by atoms with Crippen LogP contribution in [0.15, 0.2) is 42.5 Å².